The van der Waals surface area contributed by atoms with Gasteiger partial charge in [0, 0.05) is 43.3 Å². The van der Waals surface area contributed by atoms with Crippen molar-refractivity contribution in [3.8, 4) is 0 Å². The van der Waals surface area contributed by atoms with Crippen LogP contribution in [0.3, 0.4) is 0 Å². The molecule has 6 heteroatoms. The molecular formula is C23H28N4OS. The molecule has 0 aliphatic carbocycles. The first-order valence-electron chi connectivity index (χ1n) is 10.2. The molecule has 0 spiro atoms. The minimum Gasteiger partial charge on any atom is -0.336 e. The average Bonchev–Trinajstić information content (AvgIpc) is 3.35. The van der Waals surface area contributed by atoms with Gasteiger partial charge >= 0.3 is 0 Å². The molecule has 29 heavy (non-hydrogen) atoms. The van der Waals surface area contributed by atoms with Crippen LogP contribution in [0.1, 0.15) is 32.2 Å². The van der Waals surface area contributed by atoms with Crippen LogP contribution in [0.2, 0.25) is 0 Å². The molecule has 0 atom stereocenters. The fourth-order valence-corrected chi connectivity index (χ4v) is 4.67. The molecule has 1 aliphatic rings. The number of hydrogen-bond donors (Lipinski definition) is 0. The van der Waals surface area contributed by atoms with Gasteiger partial charge in [-0.3, -0.25) is 14.4 Å². The fraction of sp³-hybridized carbons (Fsp3) is 0.391. The molecule has 1 aliphatic heterocycles. The van der Waals surface area contributed by atoms with Crippen LogP contribution < -0.4 is 0 Å². The van der Waals surface area contributed by atoms with Crippen molar-refractivity contribution in [2.24, 2.45) is 0 Å². The third kappa shape index (κ3) is 4.60. The summed E-state index contributed by atoms with van der Waals surface area (Å²) in [6.45, 7) is 9.15. The zero-order chi connectivity index (χ0) is 20.2. The third-order valence-corrected chi connectivity index (χ3v) is 6.62. The smallest absolute Gasteiger partial charge is 0.257 e. The fourth-order valence-electron chi connectivity index (χ4n) is 3.97. The van der Waals surface area contributed by atoms with Crippen molar-refractivity contribution in [2.45, 2.75) is 26.8 Å². The standard InChI is InChI=1S/C23H28N4OS/c1-18-22(19(2)27(24-18)17-20-7-4-3-5-8-20)23(28)26-14-12-25(13-15-26)11-10-21-9-6-16-29-21/h3-9,16H,10-15,17H2,1-2H3. The second kappa shape index (κ2) is 8.93. The number of aromatic nitrogens is 2. The summed E-state index contributed by atoms with van der Waals surface area (Å²) in [6, 6.07) is 14.6. The lowest BCUT2D eigenvalue weighted by molar-refractivity contribution is 0.0637. The zero-order valence-corrected chi connectivity index (χ0v) is 18.0. The van der Waals surface area contributed by atoms with Crippen molar-refractivity contribution in [2.75, 3.05) is 32.7 Å². The summed E-state index contributed by atoms with van der Waals surface area (Å²) in [5, 5.41) is 6.79. The molecule has 0 bridgehead atoms. The number of benzene rings is 1. The highest BCUT2D eigenvalue weighted by atomic mass is 32.1. The van der Waals surface area contributed by atoms with Crippen molar-refractivity contribution in [3.63, 3.8) is 0 Å². The van der Waals surface area contributed by atoms with E-state index in [9.17, 15) is 4.79 Å². The number of carbonyl (C=O) groups excluding carboxylic acids is 1. The van der Waals surface area contributed by atoms with Crippen molar-refractivity contribution >= 4 is 17.2 Å². The van der Waals surface area contributed by atoms with Gasteiger partial charge in [0.25, 0.3) is 5.91 Å². The van der Waals surface area contributed by atoms with E-state index in [-0.39, 0.29) is 5.91 Å². The van der Waals surface area contributed by atoms with E-state index in [1.807, 2.05) is 53.0 Å². The van der Waals surface area contributed by atoms with E-state index in [1.165, 1.54) is 10.4 Å². The van der Waals surface area contributed by atoms with Gasteiger partial charge in [-0.25, -0.2) is 0 Å². The van der Waals surface area contributed by atoms with Gasteiger partial charge in [-0.15, -0.1) is 11.3 Å². The molecular weight excluding hydrogens is 380 g/mol. The largest absolute Gasteiger partial charge is 0.336 e. The minimum absolute atomic E-state index is 0.122. The van der Waals surface area contributed by atoms with Crippen LogP contribution in [0, 0.1) is 13.8 Å². The van der Waals surface area contributed by atoms with Gasteiger partial charge < -0.3 is 4.90 Å². The van der Waals surface area contributed by atoms with Gasteiger partial charge in [0.1, 0.15) is 0 Å². The third-order valence-electron chi connectivity index (χ3n) is 5.68. The summed E-state index contributed by atoms with van der Waals surface area (Å²) in [5.41, 5.74) is 3.74. The Balaban J connectivity index is 1.37. The summed E-state index contributed by atoms with van der Waals surface area (Å²) < 4.78 is 1.95. The van der Waals surface area contributed by atoms with Gasteiger partial charge in [0.2, 0.25) is 0 Å². The number of carbonyl (C=O) groups is 1. The normalized spacial score (nSPS) is 15.0. The van der Waals surface area contributed by atoms with E-state index >= 15 is 0 Å². The number of rotatable bonds is 6. The molecule has 1 fully saturated rings. The van der Waals surface area contributed by atoms with E-state index in [0.29, 0.717) is 6.54 Å². The first-order chi connectivity index (χ1) is 14.1. The van der Waals surface area contributed by atoms with Crippen molar-refractivity contribution < 1.29 is 4.79 Å². The van der Waals surface area contributed by atoms with Crippen LogP contribution in [-0.4, -0.2) is 58.2 Å². The molecule has 152 valence electrons. The lowest BCUT2D eigenvalue weighted by atomic mass is 10.1. The number of piperazine rings is 1. The van der Waals surface area contributed by atoms with Crippen LogP contribution in [0.4, 0.5) is 0 Å². The zero-order valence-electron chi connectivity index (χ0n) is 17.2. The summed E-state index contributed by atoms with van der Waals surface area (Å²) >= 11 is 1.82. The molecule has 5 nitrogen and oxygen atoms in total. The maximum Gasteiger partial charge on any atom is 0.257 e. The maximum absolute atomic E-state index is 13.2. The number of thiophene rings is 1. The van der Waals surface area contributed by atoms with E-state index in [1.54, 1.807) is 0 Å². The van der Waals surface area contributed by atoms with Crippen LogP contribution in [-0.2, 0) is 13.0 Å². The Morgan fingerprint density at radius 2 is 1.79 bits per heavy atom. The van der Waals surface area contributed by atoms with E-state index < -0.39 is 0 Å². The van der Waals surface area contributed by atoms with Gasteiger partial charge in [-0.1, -0.05) is 36.4 Å². The second-order valence-electron chi connectivity index (χ2n) is 7.65. The summed E-state index contributed by atoms with van der Waals surface area (Å²) in [6.07, 6.45) is 1.09. The van der Waals surface area contributed by atoms with Crippen LogP contribution in [0.5, 0.6) is 0 Å². The van der Waals surface area contributed by atoms with Crippen LogP contribution in [0.25, 0.3) is 0 Å². The Morgan fingerprint density at radius 3 is 2.48 bits per heavy atom. The molecule has 0 saturated carbocycles. The molecule has 4 rings (SSSR count). The van der Waals surface area contributed by atoms with Crippen LogP contribution >= 0.6 is 11.3 Å². The summed E-state index contributed by atoms with van der Waals surface area (Å²) in [7, 11) is 0. The molecule has 0 unspecified atom stereocenters. The Morgan fingerprint density at radius 1 is 1.03 bits per heavy atom. The Bertz CT molecular complexity index is 941. The molecule has 1 amide bonds. The second-order valence-corrected chi connectivity index (χ2v) is 8.68. The van der Waals surface area contributed by atoms with E-state index in [0.717, 1.165) is 56.1 Å². The first kappa shape index (κ1) is 19.9. The molecule has 3 heterocycles. The summed E-state index contributed by atoms with van der Waals surface area (Å²) in [5.74, 6) is 0.122. The lowest BCUT2D eigenvalue weighted by Gasteiger charge is -2.34. The molecule has 3 aromatic rings. The van der Waals surface area contributed by atoms with E-state index in [2.05, 4.69) is 39.6 Å². The predicted octanol–water partition coefficient (Wildman–Crippen LogP) is 3.61. The highest BCUT2D eigenvalue weighted by molar-refractivity contribution is 7.09. The van der Waals surface area contributed by atoms with Crippen LogP contribution in [0.15, 0.2) is 47.8 Å². The lowest BCUT2D eigenvalue weighted by Crippen LogP contribution is -2.49. The maximum atomic E-state index is 13.2. The first-order valence-corrected chi connectivity index (χ1v) is 11.1. The van der Waals surface area contributed by atoms with Crippen molar-refractivity contribution in [1.82, 2.24) is 19.6 Å². The number of aryl methyl sites for hydroxylation is 1. The Hall–Kier alpha value is -2.44. The topological polar surface area (TPSA) is 41.4 Å². The average molecular weight is 409 g/mol. The minimum atomic E-state index is 0.122. The highest BCUT2D eigenvalue weighted by Gasteiger charge is 2.26. The van der Waals surface area contributed by atoms with E-state index in [4.69, 9.17) is 0 Å². The quantitative estimate of drug-likeness (QED) is 0.626. The summed E-state index contributed by atoms with van der Waals surface area (Å²) in [4.78, 5) is 19.1. The number of amides is 1. The van der Waals surface area contributed by atoms with Gasteiger partial charge in [0.05, 0.1) is 17.8 Å². The monoisotopic (exact) mass is 408 g/mol. The SMILES string of the molecule is Cc1nn(Cc2ccccc2)c(C)c1C(=O)N1CCN(CCc2cccs2)CC1. The molecule has 0 radical (unpaired) electrons. The Kier molecular flexibility index (Phi) is 6.11. The molecule has 0 N–H and O–H groups in total. The molecule has 2 aromatic heterocycles. The van der Waals surface area contributed by atoms with Gasteiger partial charge in [-0.2, -0.15) is 5.10 Å². The molecule has 1 saturated heterocycles. The predicted molar refractivity (Wildman–Crippen MR) is 118 cm³/mol. The number of hydrogen-bond acceptors (Lipinski definition) is 4. The molecule has 1 aromatic carbocycles. The Labute approximate surface area is 176 Å². The number of nitrogens with zero attached hydrogens (tertiary/aromatic N) is 4. The van der Waals surface area contributed by atoms with Gasteiger partial charge in [-0.05, 0) is 37.3 Å². The van der Waals surface area contributed by atoms with Crippen molar-refractivity contribution in [1.29, 1.82) is 0 Å². The van der Waals surface area contributed by atoms with Gasteiger partial charge in [0.15, 0.2) is 0 Å². The highest BCUT2D eigenvalue weighted by Crippen LogP contribution is 2.19. The van der Waals surface area contributed by atoms with Crippen molar-refractivity contribution in [3.05, 3.63) is 75.2 Å².